The molecule has 16 nitrogen and oxygen atoms in total. The number of hydrogen-bond donors (Lipinski definition) is 4. The number of azo groups is 2. The molecule has 0 spiro atoms. The molecule has 0 fully saturated rings. The van der Waals surface area contributed by atoms with E-state index in [1.54, 1.807) is 0 Å². The first kappa shape index (κ1) is 38.2. The van der Waals surface area contributed by atoms with Crippen molar-refractivity contribution in [2.75, 3.05) is 0 Å². The van der Waals surface area contributed by atoms with Gasteiger partial charge in [-0.05, 0) is 69.7 Å². The second kappa shape index (κ2) is 15.0. The van der Waals surface area contributed by atoms with Crippen LogP contribution in [0.5, 0.6) is 11.5 Å². The van der Waals surface area contributed by atoms with Crippen LogP contribution >= 0.6 is 0 Å². The molecule has 0 aliphatic rings. The molecular weight excluding hydrogens is 785 g/mol. The molecule has 54 heavy (non-hydrogen) atoms. The largest absolute Gasteiger partial charge is 0.768 e. The third-order valence-electron chi connectivity index (χ3n) is 7.81. The van der Waals surface area contributed by atoms with Gasteiger partial charge in [0.1, 0.15) is 21.2 Å². The summed E-state index contributed by atoms with van der Waals surface area (Å²) in [7, 11) is -9.46. The second-order valence-electron chi connectivity index (χ2n) is 11.2. The summed E-state index contributed by atoms with van der Waals surface area (Å²) in [6.07, 6.45) is 2.63. The molecule has 0 saturated heterocycles. The summed E-state index contributed by atoms with van der Waals surface area (Å²) in [6, 6.07) is 21.1. The van der Waals surface area contributed by atoms with Gasteiger partial charge in [-0.1, -0.05) is 72.8 Å². The molecule has 0 amide bonds. The van der Waals surface area contributed by atoms with Crippen LogP contribution in [-0.2, 0) is 42.4 Å². The van der Waals surface area contributed by atoms with Gasteiger partial charge in [-0.15, -0.1) is 10.2 Å². The zero-order valence-corrected chi connectivity index (χ0v) is 30.1. The maximum atomic E-state index is 12.2. The molecule has 0 aliphatic heterocycles. The molecule has 0 bridgehead atoms. The summed E-state index contributed by atoms with van der Waals surface area (Å²) in [6.45, 7) is 0. The molecule has 2 unspecified atom stereocenters. The summed E-state index contributed by atoms with van der Waals surface area (Å²) in [5.41, 5.74) is -0.482. The molecule has 2 atom stereocenters. The van der Waals surface area contributed by atoms with Crippen molar-refractivity contribution in [2.45, 2.75) is 19.6 Å². The van der Waals surface area contributed by atoms with Crippen molar-refractivity contribution in [3.8, 4) is 11.5 Å². The van der Waals surface area contributed by atoms with E-state index in [0.29, 0.717) is 0 Å². The number of nitrogens with zero attached hydrogens (tertiary/aromatic N) is 4. The van der Waals surface area contributed by atoms with Crippen LogP contribution in [0.25, 0.3) is 33.7 Å². The first-order valence-electron chi connectivity index (χ1n) is 15.0. The van der Waals surface area contributed by atoms with Gasteiger partial charge in [-0.25, -0.2) is 0 Å². The topological polar surface area (TPSA) is 279 Å². The van der Waals surface area contributed by atoms with Crippen molar-refractivity contribution >= 4 is 98.8 Å². The Hall–Kier alpha value is -5.58. The molecule has 20 heteroatoms. The lowest BCUT2D eigenvalue weighted by molar-refractivity contribution is 0.477. The lowest BCUT2D eigenvalue weighted by Crippen LogP contribution is -1.99. The Balaban J connectivity index is 1.30. The molecule has 0 aliphatic carbocycles. The number of hydrogen-bond acceptors (Lipinski definition) is 14. The Bertz CT molecular complexity index is 2680. The van der Waals surface area contributed by atoms with Crippen molar-refractivity contribution in [3.05, 3.63) is 108 Å². The van der Waals surface area contributed by atoms with Gasteiger partial charge in [0.25, 0.3) is 20.2 Å². The SMILES string of the molecule is O=S([O-])c1cc(N=Nc2cc(S(=O)(=O)O)c3ccccc3c2O)ccc1/C=C/c1ccc(N=Nc2cc(S(=O)(=O)O)c3ccccc3c2O)cc1S(=O)[O-]. The molecule has 6 rings (SSSR count). The third-order valence-corrected chi connectivity index (χ3v) is 11.0. The van der Waals surface area contributed by atoms with Crippen molar-refractivity contribution in [1.82, 2.24) is 0 Å². The number of rotatable bonds is 10. The summed E-state index contributed by atoms with van der Waals surface area (Å²) < 4.78 is 116. The highest BCUT2D eigenvalue weighted by molar-refractivity contribution is 7.86. The summed E-state index contributed by atoms with van der Waals surface area (Å²) in [4.78, 5) is -1.61. The minimum Gasteiger partial charge on any atom is -0.768 e. The first-order chi connectivity index (χ1) is 25.5. The van der Waals surface area contributed by atoms with Gasteiger partial charge in [0.15, 0.2) is 11.5 Å². The third kappa shape index (κ3) is 8.00. The van der Waals surface area contributed by atoms with E-state index in [1.807, 2.05) is 0 Å². The van der Waals surface area contributed by atoms with Crippen LogP contribution in [0.2, 0.25) is 0 Å². The molecule has 276 valence electrons. The zero-order valence-electron chi connectivity index (χ0n) is 26.9. The van der Waals surface area contributed by atoms with Gasteiger partial charge < -0.3 is 19.3 Å². The number of benzene rings is 6. The maximum absolute atomic E-state index is 12.2. The lowest BCUT2D eigenvalue weighted by atomic mass is 10.1. The van der Waals surface area contributed by atoms with Crippen LogP contribution in [-0.4, -0.2) is 53.7 Å². The van der Waals surface area contributed by atoms with E-state index in [2.05, 4.69) is 20.5 Å². The van der Waals surface area contributed by atoms with E-state index in [1.165, 1.54) is 84.9 Å². The Kier molecular flexibility index (Phi) is 10.6. The molecule has 0 aromatic heterocycles. The van der Waals surface area contributed by atoms with Crippen molar-refractivity contribution in [2.24, 2.45) is 20.5 Å². The van der Waals surface area contributed by atoms with E-state index >= 15 is 0 Å². The highest BCUT2D eigenvalue weighted by atomic mass is 32.2. The predicted molar refractivity (Wildman–Crippen MR) is 195 cm³/mol. The monoisotopic (exact) mass is 806 g/mol. The molecule has 0 heterocycles. The van der Waals surface area contributed by atoms with E-state index in [-0.39, 0.29) is 65.2 Å². The van der Waals surface area contributed by atoms with E-state index in [0.717, 1.165) is 24.3 Å². The summed E-state index contributed by atoms with van der Waals surface area (Å²) in [5.74, 6) is -0.878. The molecule has 0 radical (unpaired) electrons. The Morgan fingerprint density at radius 2 is 0.870 bits per heavy atom. The van der Waals surface area contributed by atoms with Crippen LogP contribution in [0.3, 0.4) is 0 Å². The minimum atomic E-state index is -4.73. The normalized spacial score (nSPS) is 13.8. The van der Waals surface area contributed by atoms with Crippen molar-refractivity contribution < 1.29 is 53.7 Å². The maximum Gasteiger partial charge on any atom is 0.295 e. The van der Waals surface area contributed by atoms with Gasteiger partial charge >= 0.3 is 0 Å². The zero-order chi connectivity index (χ0) is 38.9. The van der Waals surface area contributed by atoms with E-state index in [9.17, 15) is 53.7 Å². The Morgan fingerprint density at radius 1 is 0.519 bits per heavy atom. The van der Waals surface area contributed by atoms with Gasteiger partial charge in [0, 0.05) is 31.3 Å². The summed E-state index contributed by atoms with van der Waals surface area (Å²) in [5, 5.41) is 37.2. The lowest BCUT2D eigenvalue weighted by Gasteiger charge is -2.12. The number of fused-ring (bicyclic) bond motifs is 2. The smallest absolute Gasteiger partial charge is 0.295 e. The van der Waals surface area contributed by atoms with E-state index in [4.69, 9.17) is 0 Å². The number of aromatic hydroxyl groups is 2. The molecule has 6 aromatic rings. The number of phenolic OH excluding ortho intramolecular Hbond substituents is 2. The molecule has 6 aromatic carbocycles. The standard InChI is InChI=1S/C34H24N4O12S4/c39-33-25-7-3-1-5-23(25)31(53(45,46)47)17-27(33)37-35-21-13-11-19(29(15-21)51(41)42)9-10-20-12-14-22(16-30(20)52(43)44)36-38-28-18-32(54(48,49)50)24-6-2-4-8-26(24)34(28)40/h1-18,39-40H,(H,41,42)(H,43,44)(H,45,46,47)(H,48,49,50)/p-2/b10-9+,37-35?,38-36?. The van der Waals surface area contributed by atoms with Crippen molar-refractivity contribution in [1.29, 1.82) is 0 Å². The highest BCUT2D eigenvalue weighted by Gasteiger charge is 2.21. The van der Waals surface area contributed by atoms with E-state index < -0.39 is 63.7 Å². The average molecular weight is 807 g/mol. The van der Waals surface area contributed by atoms with Gasteiger partial charge in [-0.2, -0.15) is 27.1 Å². The van der Waals surface area contributed by atoms with Gasteiger partial charge in [-0.3, -0.25) is 17.5 Å². The molecule has 0 saturated carbocycles. The predicted octanol–water partition coefficient (Wildman–Crippen LogP) is 7.37. The molecular formula is C34H22N4O12S4-2. The van der Waals surface area contributed by atoms with Crippen LogP contribution in [0.4, 0.5) is 22.7 Å². The van der Waals surface area contributed by atoms with Crippen LogP contribution < -0.4 is 0 Å². The van der Waals surface area contributed by atoms with Crippen LogP contribution in [0, 0.1) is 0 Å². The Morgan fingerprint density at radius 3 is 1.20 bits per heavy atom. The average Bonchev–Trinajstić information content (AvgIpc) is 3.12. The van der Waals surface area contributed by atoms with Gasteiger partial charge in [0.2, 0.25) is 0 Å². The minimum absolute atomic E-state index is 0.0236. The fraction of sp³-hybridized carbons (Fsp3) is 0. The summed E-state index contributed by atoms with van der Waals surface area (Å²) >= 11 is -5.68. The van der Waals surface area contributed by atoms with Gasteiger partial charge in [0.05, 0.1) is 11.4 Å². The van der Waals surface area contributed by atoms with Crippen LogP contribution in [0.15, 0.2) is 137 Å². The fourth-order valence-corrected chi connectivity index (χ4v) is 7.87. The first-order valence-corrected chi connectivity index (χ1v) is 20.0. The molecule has 4 N–H and O–H groups in total. The number of phenols is 2. The quantitative estimate of drug-likeness (QED) is 0.0457. The highest BCUT2D eigenvalue weighted by Crippen LogP contribution is 2.41. The fourth-order valence-electron chi connectivity index (χ4n) is 5.34. The van der Waals surface area contributed by atoms with Crippen molar-refractivity contribution in [3.63, 3.8) is 0 Å². The second-order valence-corrected chi connectivity index (χ2v) is 15.8. The Labute approximate surface area is 311 Å². The van der Waals surface area contributed by atoms with Crippen LogP contribution in [0.1, 0.15) is 11.1 Å².